The summed E-state index contributed by atoms with van der Waals surface area (Å²) in [6.07, 6.45) is 7.35. The molecule has 0 spiro atoms. The lowest BCUT2D eigenvalue weighted by Crippen LogP contribution is -2.27. The van der Waals surface area contributed by atoms with Gasteiger partial charge in [-0.15, -0.1) is 0 Å². The van der Waals surface area contributed by atoms with Crippen molar-refractivity contribution in [1.82, 2.24) is 0 Å². The second kappa shape index (κ2) is 12.5. The summed E-state index contributed by atoms with van der Waals surface area (Å²) in [5, 5.41) is 13.2. The van der Waals surface area contributed by atoms with Gasteiger partial charge < -0.3 is 28.3 Å². The SMILES string of the molecule is CC.COc1ccc(C2=C/C(=N/O)CCc3c2cc(OC)c(OC)c3OC)cc1OS(C)(C)C(C)(C)C. The fraction of sp³-hybridized carbons (Fsp3) is 0.483. The van der Waals surface area contributed by atoms with Crippen LogP contribution in [0.25, 0.3) is 5.57 Å². The van der Waals surface area contributed by atoms with Gasteiger partial charge in [0, 0.05) is 10.3 Å². The zero-order valence-corrected chi connectivity index (χ0v) is 25.0. The third-order valence-corrected chi connectivity index (χ3v) is 10.1. The zero-order valence-electron chi connectivity index (χ0n) is 24.1. The molecular formula is C29H43NO6S. The molecule has 0 aliphatic heterocycles. The number of benzene rings is 2. The molecule has 0 atom stereocenters. The Balaban J connectivity index is 0.00000235. The van der Waals surface area contributed by atoms with Crippen LogP contribution < -0.4 is 23.1 Å². The van der Waals surface area contributed by atoms with Gasteiger partial charge in [-0.3, -0.25) is 0 Å². The summed E-state index contributed by atoms with van der Waals surface area (Å²) >= 11 is 0. The molecule has 8 heteroatoms. The van der Waals surface area contributed by atoms with Gasteiger partial charge in [-0.25, -0.2) is 0 Å². The van der Waals surface area contributed by atoms with E-state index in [1.165, 1.54) is 0 Å². The molecule has 37 heavy (non-hydrogen) atoms. The number of ether oxygens (including phenoxy) is 4. The highest BCUT2D eigenvalue weighted by Crippen LogP contribution is 2.55. The lowest BCUT2D eigenvalue weighted by atomic mass is 9.92. The predicted octanol–water partition coefficient (Wildman–Crippen LogP) is 7.11. The van der Waals surface area contributed by atoms with Gasteiger partial charge in [-0.05, 0) is 87.1 Å². The molecule has 1 aliphatic carbocycles. The third kappa shape index (κ3) is 6.29. The maximum atomic E-state index is 9.69. The first-order chi connectivity index (χ1) is 17.5. The van der Waals surface area contributed by atoms with E-state index >= 15 is 0 Å². The molecule has 7 nitrogen and oxygen atoms in total. The molecule has 206 valence electrons. The van der Waals surface area contributed by atoms with Gasteiger partial charge in [-0.1, -0.05) is 35.4 Å². The minimum Gasteiger partial charge on any atom is -0.493 e. The van der Waals surface area contributed by atoms with E-state index in [4.69, 9.17) is 23.1 Å². The van der Waals surface area contributed by atoms with Gasteiger partial charge in [0.15, 0.2) is 23.0 Å². The number of nitrogens with zero attached hydrogens (tertiary/aromatic N) is 1. The number of rotatable bonds is 7. The van der Waals surface area contributed by atoms with Crippen LogP contribution in [0.3, 0.4) is 0 Å². The highest BCUT2D eigenvalue weighted by Gasteiger charge is 2.32. The Bertz CT molecular complexity index is 1150. The van der Waals surface area contributed by atoms with E-state index < -0.39 is 10.3 Å². The number of methoxy groups -OCH3 is 4. The molecule has 0 saturated carbocycles. The summed E-state index contributed by atoms with van der Waals surface area (Å²) < 4.78 is 29.2. The van der Waals surface area contributed by atoms with E-state index in [0.717, 1.165) is 22.3 Å². The Morgan fingerprint density at radius 3 is 1.95 bits per heavy atom. The van der Waals surface area contributed by atoms with Crippen molar-refractivity contribution in [3.05, 3.63) is 47.0 Å². The van der Waals surface area contributed by atoms with Crippen molar-refractivity contribution in [2.45, 2.75) is 52.2 Å². The summed E-state index contributed by atoms with van der Waals surface area (Å²) in [6.45, 7) is 10.5. The second-order valence-electron chi connectivity index (χ2n) is 9.62. The Kier molecular flexibility index (Phi) is 10.2. The zero-order chi connectivity index (χ0) is 28.0. The van der Waals surface area contributed by atoms with Gasteiger partial charge in [0.05, 0.1) is 34.2 Å². The summed E-state index contributed by atoms with van der Waals surface area (Å²) in [5.74, 6) is 3.03. The molecule has 0 aromatic heterocycles. The standard InChI is InChI=1S/C27H37NO6S.C2H6/c1-27(2,3)35(8,9)34-23-14-17(10-13-22(23)30-4)20-15-18(28-29)11-12-19-21(20)16-24(31-5)26(33-7)25(19)32-6;1-2/h10,13-16,29H,11-12H2,1-9H3;1-2H3/b28-18+;. The summed E-state index contributed by atoms with van der Waals surface area (Å²) in [4.78, 5) is 0. The van der Waals surface area contributed by atoms with E-state index in [1.807, 2.05) is 44.2 Å². The smallest absolute Gasteiger partial charge is 0.203 e. The van der Waals surface area contributed by atoms with Crippen molar-refractivity contribution < 1.29 is 28.3 Å². The summed E-state index contributed by atoms with van der Waals surface area (Å²) in [6, 6.07) is 7.81. The Morgan fingerprint density at radius 1 is 0.811 bits per heavy atom. The Morgan fingerprint density at radius 2 is 1.43 bits per heavy atom. The number of fused-ring (bicyclic) bond motifs is 1. The number of hydrogen-bond acceptors (Lipinski definition) is 7. The van der Waals surface area contributed by atoms with Crippen LogP contribution in [0, 0.1) is 0 Å². The number of allylic oxidation sites excluding steroid dienone is 1. The average molecular weight is 534 g/mol. The average Bonchev–Trinajstić information content (AvgIpc) is 3.07. The Hall–Kier alpha value is -3.00. The van der Waals surface area contributed by atoms with Crippen LogP contribution in [0.2, 0.25) is 0 Å². The quantitative estimate of drug-likeness (QED) is 0.302. The predicted molar refractivity (Wildman–Crippen MR) is 155 cm³/mol. The maximum absolute atomic E-state index is 9.69. The van der Waals surface area contributed by atoms with Crippen molar-refractivity contribution in [2.75, 3.05) is 41.0 Å². The number of hydrogen-bond donors (Lipinski definition) is 1. The van der Waals surface area contributed by atoms with Crippen molar-refractivity contribution >= 4 is 21.6 Å². The molecule has 0 bridgehead atoms. The Labute approximate surface area is 223 Å². The first kappa shape index (κ1) is 30.2. The van der Waals surface area contributed by atoms with Crippen LogP contribution in [-0.4, -0.2) is 56.6 Å². The molecule has 0 saturated heterocycles. The maximum Gasteiger partial charge on any atom is 0.203 e. The molecule has 1 aliphatic rings. The largest absolute Gasteiger partial charge is 0.493 e. The second-order valence-corrected chi connectivity index (χ2v) is 13.5. The molecule has 0 unspecified atom stereocenters. The van der Waals surface area contributed by atoms with Crippen molar-refractivity contribution in [3.63, 3.8) is 0 Å². The third-order valence-electron chi connectivity index (χ3n) is 6.54. The van der Waals surface area contributed by atoms with Gasteiger partial charge in [0.2, 0.25) is 5.75 Å². The van der Waals surface area contributed by atoms with Crippen LogP contribution in [0.5, 0.6) is 28.7 Å². The van der Waals surface area contributed by atoms with Crippen molar-refractivity contribution in [3.8, 4) is 28.7 Å². The normalized spacial score (nSPS) is 14.9. The van der Waals surface area contributed by atoms with Crippen LogP contribution in [0.15, 0.2) is 35.5 Å². The number of oxime groups is 1. The molecule has 0 fully saturated rings. The molecule has 2 aromatic carbocycles. The minimum absolute atomic E-state index is 0.0315. The van der Waals surface area contributed by atoms with Crippen LogP contribution in [0.4, 0.5) is 0 Å². The summed E-state index contributed by atoms with van der Waals surface area (Å²) in [7, 11) is 4.98. The van der Waals surface area contributed by atoms with E-state index in [9.17, 15) is 5.21 Å². The first-order valence-electron chi connectivity index (χ1n) is 12.4. The highest BCUT2D eigenvalue weighted by molar-refractivity contribution is 8.30. The summed E-state index contributed by atoms with van der Waals surface area (Å²) in [5.41, 5.74) is 4.19. The van der Waals surface area contributed by atoms with E-state index in [-0.39, 0.29) is 4.75 Å². The van der Waals surface area contributed by atoms with Crippen LogP contribution in [0.1, 0.15) is 57.7 Å². The molecule has 0 radical (unpaired) electrons. The molecule has 3 rings (SSSR count). The molecule has 0 heterocycles. The van der Waals surface area contributed by atoms with Gasteiger partial charge in [0.1, 0.15) is 0 Å². The fourth-order valence-corrected chi connectivity index (χ4v) is 4.68. The topological polar surface area (TPSA) is 78.7 Å². The van der Waals surface area contributed by atoms with Crippen molar-refractivity contribution in [1.29, 1.82) is 0 Å². The van der Waals surface area contributed by atoms with E-state index in [2.05, 4.69) is 38.4 Å². The minimum atomic E-state index is -1.46. The van der Waals surface area contributed by atoms with E-state index in [1.54, 1.807) is 28.4 Å². The molecular weight excluding hydrogens is 490 g/mol. The van der Waals surface area contributed by atoms with Crippen LogP contribution in [-0.2, 0) is 6.42 Å². The lowest BCUT2D eigenvalue weighted by molar-refractivity contribution is 0.317. The lowest BCUT2D eigenvalue weighted by Gasteiger charge is -2.44. The van der Waals surface area contributed by atoms with Crippen LogP contribution >= 0.6 is 10.3 Å². The monoisotopic (exact) mass is 533 g/mol. The van der Waals surface area contributed by atoms with Gasteiger partial charge >= 0.3 is 0 Å². The van der Waals surface area contributed by atoms with Crippen molar-refractivity contribution in [2.24, 2.45) is 5.16 Å². The molecule has 1 N–H and O–H groups in total. The van der Waals surface area contributed by atoms with E-state index in [0.29, 0.717) is 47.3 Å². The first-order valence-corrected chi connectivity index (χ1v) is 14.7. The molecule has 0 amide bonds. The fourth-order valence-electron chi connectivity index (χ4n) is 3.85. The molecule has 2 aromatic rings. The van der Waals surface area contributed by atoms with Gasteiger partial charge in [-0.2, -0.15) is 0 Å². The van der Waals surface area contributed by atoms with Gasteiger partial charge in [0.25, 0.3) is 0 Å². The highest BCUT2D eigenvalue weighted by atomic mass is 32.3.